The van der Waals surface area contributed by atoms with Gasteiger partial charge in [-0.25, -0.2) is 0 Å². The van der Waals surface area contributed by atoms with Gasteiger partial charge in [0.1, 0.15) is 0 Å². The van der Waals surface area contributed by atoms with Gasteiger partial charge in [-0.15, -0.1) is 10.2 Å². The third kappa shape index (κ3) is 3.43. The maximum absolute atomic E-state index is 11.8. The molecule has 1 aromatic rings. The number of nitrogens with one attached hydrogen (secondary N) is 1. The number of amides is 1. The lowest BCUT2D eigenvalue weighted by Crippen LogP contribution is -2.33. The van der Waals surface area contributed by atoms with Crippen molar-refractivity contribution in [2.24, 2.45) is 17.6 Å². The number of rotatable bonds is 4. The average molecular weight is 243 g/mol. The zero-order valence-electron chi connectivity index (χ0n) is 9.27. The fourth-order valence-electron chi connectivity index (χ4n) is 1.28. The first kappa shape index (κ1) is 12.9. The van der Waals surface area contributed by atoms with E-state index in [9.17, 15) is 4.79 Å². The van der Waals surface area contributed by atoms with Crippen molar-refractivity contribution in [3.05, 3.63) is 17.3 Å². The Morgan fingerprint density at radius 1 is 1.50 bits per heavy atom. The standard InChI is InChI=1S/C10H15ClN4O/c1-6(2)7(5-12)10(16)13-9-4-3-8(11)14-15-9/h3-4,6-7H,5,12H2,1-2H3,(H,13,15,16). The molecule has 5 nitrogen and oxygen atoms in total. The number of hydrogen-bond donors (Lipinski definition) is 2. The molecule has 0 aliphatic rings. The third-order valence-corrected chi connectivity index (χ3v) is 2.48. The van der Waals surface area contributed by atoms with Crippen LogP contribution < -0.4 is 11.1 Å². The van der Waals surface area contributed by atoms with E-state index in [1.807, 2.05) is 13.8 Å². The summed E-state index contributed by atoms with van der Waals surface area (Å²) in [5, 5.41) is 10.3. The fraction of sp³-hybridized carbons (Fsp3) is 0.500. The highest BCUT2D eigenvalue weighted by Crippen LogP contribution is 2.12. The van der Waals surface area contributed by atoms with E-state index in [4.69, 9.17) is 17.3 Å². The van der Waals surface area contributed by atoms with Gasteiger partial charge in [-0.1, -0.05) is 25.4 Å². The second kappa shape index (κ2) is 5.77. The molecule has 0 fully saturated rings. The quantitative estimate of drug-likeness (QED) is 0.834. The number of anilines is 1. The van der Waals surface area contributed by atoms with E-state index in [-0.39, 0.29) is 22.9 Å². The monoisotopic (exact) mass is 242 g/mol. The number of nitrogens with two attached hydrogens (primary N) is 1. The maximum atomic E-state index is 11.8. The maximum Gasteiger partial charge on any atom is 0.230 e. The summed E-state index contributed by atoms with van der Waals surface area (Å²) < 4.78 is 0. The second-order valence-corrected chi connectivity index (χ2v) is 4.20. The topological polar surface area (TPSA) is 80.9 Å². The molecule has 1 unspecified atom stereocenters. The fourth-order valence-corrected chi connectivity index (χ4v) is 1.38. The zero-order valence-corrected chi connectivity index (χ0v) is 10.0. The molecule has 6 heteroatoms. The van der Waals surface area contributed by atoms with E-state index in [0.717, 1.165) is 0 Å². The summed E-state index contributed by atoms with van der Waals surface area (Å²) >= 11 is 5.58. The number of carbonyl (C=O) groups is 1. The minimum atomic E-state index is -0.225. The predicted octanol–water partition coefficient (Wildman–Crippen LogP) is 1.30. The van der Waals surface area contributed by atoms with Gasteiger partial charge in [0.05, 0.1) is 5.92 Å². The van der Waals surface area contributed by atoms with Crippen LogP contribution in [0.1, 0.15) is 13.8 Å². The molecule has 1 amide bonds. The van der Waals surface area contributed by atoms with Crippen molar-refractivity contribution in [2.75, 3.05) is 11.9 Å². The highest BCUT2D eigenvalue weighted by atomic mass is 35.5. The minimum Gasteiger partial charge on any atom is -0.330 e. The first-order chi connectivity index (χ1) is 7.54. The van der Waals surface area contributed by atoms with Gasteiger partial charge in [-0.05, 0) is 18.1 Å². The molecule has 0 saturated carbocycles. The van der Waals surface area contributed by atoms with E-state index < -0.39 is 0 Å². The van der Waals surface area contributed by atoms with Crippen molar-refractivity contribution in [2.45, 2.75) is 13.8 Å². The summed E-state index contributed by atoms with van der Waals surface area (Å²) in [7, 11) is 0. The average Bonchev–Trinajstić information content (AvgIpc) is 2.22. The van der Waals surface area contributed by atoms with Crippen LogP contribution in [0, 0.1) is 11.8 Å². The molecule has 3 N–H and O–H groups in total. The van der Waals surface area contributed by atoms with Crippen LogP contribution in [0.15, 0.2) is 12.1 Å². The molecule has 0 aliphatic heterocycles. The van der Waals surface area contributed by atoms with Gasteiger partial charge in [0, 0.05) is 6.54 Å². The van der Waals surface area contributed by atoms with Crippen LogP contribution in [0.4, 0.5) is 5.82 Å². The van der Waals surface area contributed by atoms with Gasteiger partial charge >= 0.3 is 0 Å². The zero-order chi connectivity index (χ0) is 12.1. The summed E-state index contributed by atoms with van der Waals surface area (Å²) in [6.07, 6.45) is 0. The molecule has 0 spiro atoms. The Bertz CT molecular complexity index is 352. The van der Waals surface area contributed by atoms with Crippen molar-refractivity contribution in [1.29, 1.82) is 0 Å². The molecule has 1 rings (SSSR count). The van der Waals surface area contributed by atoms with Crippen LogP contribution >= 0.6 is 11.6 Å². The van der Waals surface area contributed by atoms with Crippen LogP contribution in [0.3, 0.4) is 0 Å². The number of hydrogen-bond acceptors (Lipinski definition) is 4. The molecule has 16 heavy (non-hydrogen) atoms. The van der Waals surface area contributed by atoms with Crippen molar-refractivity contribution in [3.8, 4) is 0 Å². The Morgan fingerprint density at radius 3 is 2.62 bits per heavy atom. The molecule has 0 bridgehead atoms. The molecule has 0 radical (unpaired) electrons. The van der Waals surface area contributed by atoms with Crippen LogP contribution in [-0.4, -0.2) is 22.6 Å². The lowest BCUT2D eigenvalue weighted by molar-refractivity contribution is -0.120. The molecule has 1 atom stereocenters. The summed E-state index contributed by atoms with van der Waals surface area (Å²) in [6.45, 7) is 4.21. The summed E-state index contributed by atoms with van der Waals surface area (Å²) in [5.74, 6) is 0.199. The van der Waals surface area contributed by atoms with Gasteiger partial charge in [0.15, 0.2) is 11.0 Å². The van der Waals surface area contributed by atoms with Crippen molar-refractivity contribution < 1.29 is 4.79 Å². The Hall–Kier alpha value is -1.20. The summed E-state index contributed by atoms with van der Waals surface area (Å²) in [4.78, 5) is 11.8. The second-order valence-electron chi connectivity index (χ2n) is 3.82. The number of nitrogens with zero attached hydrogens (tertiary/aromatic N) is 2. The predicted molar refractivity (Wildman–Crippen MR) is 63.1 cm³/mol. The van der Waals surface area contributed by atoms with Gasteiger partial charge in [-0.3, -0.25) is 4.79 Å². The molecular formula is C10H15ClN4O. The molecule has 0 aliphatic carbocycles. The van der Waals surface area contributed by atoms with E-state index >= 15 is 0 Å². The highest BCUT2D eigenvalue weighted by molar-refractivity contribution is 6.29. The molecule has 0 aromatic carbocycles. The number of halogens is 1. The van der Waals surface area contributed by atoms with Crippen molar-refractivity contribution in [1.82, 2.24) is 10.2 Å². The summed E-state index contributed by atoms with van der Waals surface area (Å²) in [6, 6.07) is 3.16. The molecule has 0 saturated heterocycles. The van der Waals surface area contributed by atoms with E-state index in [2.05, 4.69) is 15.5 Å². The Morgan fingerprint density at radius 2 is 2.19 bits per heavy atom. The third-order valence-electron chi connectivity index (χ3n) is 2.28. The van der Waals surface area contributed by atoms with E-state index in [1.165, 1.54) is 0 Å². The Balaban J connectivity index is 2.66. The normalized spacial score (nSPS) is 12.6. The van der Waals surface area contributed by atoms with Gasteiger partial charge in [0.2, 0.25) is 5.91 Å². The van der Waals surface area contributed by atoms with Gasteiger partial charge in [0.25, 0.3) is 0 Å². The van der Waals surface area contributed by atoms with Crippen LogP contribution in [-0.2, 0) is 4.79 Å². The van der Waals surface area contributed by atoms with Crippen LogP contribution in [0.2, 0.25) is 5.15 Å². The lowest BCUT2D eigenvalue weighted by Gasteiger charge is -2.17. The molecule has 1 heterocycles. The Labute approximate surface area is 99.4 Å². The van der Waals surface area contributed by atoms with Gasteiger partial charge < -0.3 is 11.1 Å². The largest absolute Gasteiger partial charge is 0.330 e. The van der Waals surface area contributed by atoms with Crippen LogP contribution in [0.5, 0.6) is 0 Å². The number of carbonyl (C=O) groups excluding carboxylic acids is 1. The van der Waals surface area contributed by atoms with E-state index in [0.29, 0.717) is 12.4 Å². The minimum absolute atomic E-state index is 0.144. The number of aromatic nitrogens is 2. The SMILES string of the molecule is CC(C)C(CN)C(=O)Nc1ccc(Cl)nn1. The highest BCUT2D eigenvalue weighted by Gasteiger charge is 2.20. The summed E-state index contributed by atoms with van der Waals surface area (Å²) in [5.41, 5.74) is 5.53. The molecule has 88 valence electrons. The van der Waals surface area contributed by atoms with Crippen molar-refractivity contribution in [3.63, 3.8) is 0 Å². The van der Waals surface area contributed by atoms with Crippen LogP contribution in [0.25, 0.3) is 0 Å². The first-order valence-corrected chi connectivity index (χ1v) is 5.42. The van der Waals surface area contributed by atoms with E-state index in [1.54, 1.807) is 12.1 Å². The first-order valence-electron chi connectivity index (χ1n) is 5.04. The molecule has 1 aromatic heterocycles. The molecular weight excluding hydrogens is 228 g/mol. The lowest BCUT2D eigenvalue weighted by atomic mass is 9.95. The van der Waals surface area contributed by atoms with Gasteiger partial charge in [-0.2, -0.15) is 0 Å². The smallest absolute Gasteiger partial charge is 0.230 e. The Kier molecular flexibility index (Phi) is 4.64. The van der Waals surface area contributed by atoms with Crippen molar-refractivity contribution >= 4 is 23.3 Å².